The Hall–Kier alpha value is 3.04. The molecule has 0 saturated carbocycles. The Morgan fingerprint density at radius 1 is 0.320 bits per heavy atom. The zero-order chi connectivity index (χ0) is 14.7. The minimum atomic E-state index is 0. The molecular weight excluding hydrogens is 573 g/mol. The van der Waals surface area contributed by atoms with E-state index in [1.807, 2.05) is 0 Å². The standard InChI is InChI=1S/2C8H20N.Ce.6ClH/c2*1-5-9(6-2,7-3)8-4;;;;;;;/h2*5-8H2,1-4H3;;6*1H/q2*+1;+4;;;;;;/p-6. The van der Waals surface area contributed by atoms with Crippen LogP contribution in [0, 0.1) is 41.7 Å². The second kappa shape index (κ2) is 34.5. The van der Waals surface area contributed by atoms with Crippen LogP contribution in [-0.2, 0) is 0 Å². The fourth-order valence-corrected chi connectivity index (χ4v) is 2.68. The summed E-state index contributed by atoms with van der Waals surface area (Å²) in [5.41, 5.74) is 0. The Labute approximate surface area is 230 Å². The molecule has 0 aromatic heterocycles. The summed E-state index contributed by atoms with van der Waals surface area (Å²) in [7, 11) is 0. The molecule has 0 radical (unpaired) electrons. The van der Waals surface area contributed by atoms with E-state index in [4.69, 9.17) is 0 Å². The molecule has 25 heavy (non-hydrogen) atoms. The minimum Gasteiger partial charge on any atom is -1.00 e. The average Bonchev–Trinajstić information content (AvgIpc) is 2.46. The third-order valence-electron chi connectivity index (χ3n) is 5.37. The molecule has 0 aromatic rings. The van der Waals surface area contributed by atoms with E-state index >= 15 is 0 Å². The molecule has 0 fully saturated rings. The van der Waals surface area contributed by atoms with Crippen molar-refractivity contribution in [3.05, 3.63) is 0 Å². The van der Waals surface area contributed by atoms with Gasteiger partial charge in [0.15, 0.2) is 0 Å². The summed E-state index contributed by atoms with van der Waals surface area (Å²) >= 11 is 0. The van der Waals surface area contributed by atoms with Crippen LogP contribution in [-0.4, -0.2) is 61.3 Å². The van der Waals surface area contributed by atoms with E-state index in [1.54, 1.807) is 0 Å². The molecule has 0 N–H and O–H groups in total. The first kappa shape index (κ1) is 56.6. The molecule has 0 saturated heterocycles. The molecule has 0 aliphatic rings. The van der Waals surface area contributed by atoms with Gasteiger partial charge in [0.2, 0.25) is 0 Å². The van der Waals surface area contributed by atoms with Gasteiger partial charge in [-0.25, -0.2) is 0 Å². The SMILES string of the molecule is CC[N+](CC)(CC)CC.CC[N+](CC)(CC)CC.[Ce+4].[Cl-].[Cl-].[Cl-].[Cl-].[Cl-].[Cl-]. The van der Waals surface area contributed by atoms with E-state index in [9.17, 15) is 0 Å². The van der Waals surface area contributed by atoms with Crippen LogP contribution in [0.4, 0.5) is 0 Å². The summed E-state index contributed by atoms with van der Waals surface area (Å²) in [6, 6.07) is 0. The summed E-state index contributed by atoms with van der Waals surface area (Å²) in [5.74, 6) is 0. The fourth-order valence-electron chi connectivity index (χ4n) is 2.68. The van der Waals surface area contributed by atoms with Crippen LogP contribution < -0.4 is 74.4 Å². The van der Waals surface area contributed by atoms with Crippen molar-refractivity contribution in [1.82, 2.24) is 0 Å². The predicted octanol–water partition coefficient (Wildman–Crippen LogP) is -14.2. The monoisotopic (exact) mass is 610 g/mol. The van der Waals surface area contributed by atoms with Crippen molar-refractivity contribution >= 4 is 0 Å². The normalized spacial score (nSPS) is 8.64. The van der Waals surface area contributed by atoms with Gasteiger partial charge in [0.1, 0.15) is 0 Å². The number of nitrogens with zero attached hydrogens (tertiary/aromatic N) is 2. The molecule has 0 atom stereocenters. The molecule has 0 aromatic carbocycles. The molecule has 0 spiro atoms. The van der Waals surface area contributed by atoms with Crippen molar-refractivity contribution in [3.63, 3.8) is 0 Å². The largest absolute Gasteiger partial charge is 4.00 e. The first-order chi connectivity index (χ1) is 8.49. The topological polar surface area (TPSA) is 0 Å². The predicted molar refractivity (Wildman–Crippen MR) is 84.8 cm³/mol. The van der Waals surface area contributed by atoms with E-state index in [2.05, 4.69) is 55.4 Å². The number of hydrogen-bond donors (Lipinski definition) is 0. The zero-order valence-corrected chi connectivity index (χ0v) is 25.0. The molecule has 160 valence electrons. The van der Waals surface area contributed by atoms with Crippen LogP contribution >= 0.6 is 0 Å². The quantitative estimate of drug-likeness (QED) is 0.239. The van der Waals surface area contributed by atoms with Gasteiger partial charge in [0, 0.05) is 0 Å². The van der Waals surface area contributed by atoms with E-state index in [0.29, 0.717) is 0 Å². The molecule has 0 rings (SSSR count). The number of hydrogen-bond acceptors (Lipinski definition) is 0. The number of quaternary nitrogens is 2. The van der Waals surface area contributed by atoms with Gasteiger partial charge in [0.25, 0.3) is 0 Å². The van der Waals surface area contributed by atoms with Gasteiger partial charge in [-0.05, 0) is 55.4 Å². The van der Waals surface area contributed by atoms with Crippen molar-refractivity contribution in [1.29, 1.82) is 0 Å². The van der Waals surface area contributed by atoms with E-state index in [1.165, 1.54) is 61.3 Å². The Kier molecular flexibility index (Phi) is 78.1. The van der Waals surface area contributed by atoms with Gasteiger partial charge in [-0.15, -0.1) is 0 Å². The summed E-state index contributed by atoms with van der Waals surface area (Å²) in [5, 5.41) is 0. The fraction of sp³-hybridized carbons (Fsp3) is 1.00. The molecule has 9 heteroatoms. The maximum Gasteiger partial charge on any atom is 4.00 e. The van der Waals surface area contributed by atoms with Gasteiger partial charge in [-0.2, -0.15) is 0 Å². The van der Waals surface area contributed by atoms with E-state index in [-0.39, 0.29) is 116 Å². The molecule has 0 aliphatic carbocycles. The second-order valence-corrected chi connectivity index (χ2v) is 5.21. The third kappa shape index (κ3) is 23.2. The summed E-state index contributed by atoms with van der Waals surface area (Å²) in [6.07, 6.45) is 0. The molecule has 2 nitrogen and oxygen atoms in total. The molecular formula is C16H40CeCl6N2. The summed E-state index contributed by atoms with van der Waals surface area (Å²) < 4.78 is 2.56. The Balaban J connectivity index is -0.0000000229. The number of halogens is 6. The minimum absolute atomic E-state index is 0. The third-order valence-corrected chi connectivity index (χ3v) is 5.37. The molecule has 0 amide bonds. The smallest absolute Gasteiger partial charge is 1.00 e. The van der Waals surface area contributed by atoms with Crippen LogP contribution in [0.25, 0.3) is 0 Å². The van der Waals surface area contributed by atoms with Crippen molar-refractivity contribution < 1.29 is 125 Å². The van der Waals surface area contributed by atoms with Gasteiger partial charge in [-0.1, -0.05) is 0 Å². The Bertz CT molecular complexity index is 140. The van der Waals surface area contributed by atoms with Crippen molar-refractivity contribution in [2.75, 3.05) is 52.4 Å². The maximum absolute atomic E-state index is 2.27. The van der Waals surface area contributed by atoms with E-state index < -0.39 is 0 Å². The average molecular weight is 613 g/mol. The second-order valence-electron chi connectivity index (χ2n) is 5.21. The van der Waals surface area contributed by atoms with Crippen LogP contribution in [0.5, 0.6) is 0 Å². The van der Waals surface area contributed by atoms with Crippen molar-refractivity contribution in [2.45, 2.75) is 55.4 Å². The first-order valence-electron chi connectivity index (χ1n) is 8.19. The Morgan fingerprint density at radius 2 is 0.400 bits per heavy atom. The van der Waals surface area contributed by atoms with Crippen molar-refractivity contribution in [2.24, 2.45) is 0 Å². The summed E-state index contributed by atoms with van der Waals surface area (Å²) in [6.45, 7) is 28.4. The van der Waals surface area contributed by atoms with E-state index in [0.717, 1.165) is 0 Å². The zero-order valence-electron chi connectivity index (χ0n) is 17.3. The molecule has 0 bridgehead atoms. The molecule has 0 heterocycles. The Morgan fingerprint density at radius 3 is 0.400 bits per heavy atom. The van der Waals surface area contributed by atoms with Gasteiger partial charge < -0.3 is 83.4 Å². The van der Waals surface area contributed by atoms with Crippen LogP contribution in [0.15, 0.2) is 0 Å². The number of rotatable bonds is 8. The van der Waals surface area contributed by atoms with Crippen LogP contribution in [0.3, 0.4) is 0 Å². The van der Waals surface area contributed by atoms with Gasteiger partial charge in [-0.3, -0.25) is 0 Å². The molecule has 0 unspecified atom stereocenters. The first-order valence-corrected chi connectivity index (χ1v) is 8.19. The molecule has 0 aliphatic heterocycles. The van der Waals surface area contributed by atoms with Crippen molar-refractivity contribution in [3.8, 4) is 0 Å². The van der Waals surface area contributed by atoms with Gasteiger partial charge >= 0.3 is 41.7 Å². The van der Waals surface area contributed by atoms with Crippen LogP contribution in [0.1, 0.15) is 55.4 Å². The van der Waals surface area contributed by atoms with Crippen LogP contribution in [0.2, 0.25) is 0 Å². The van der Waals surface area contributed by atoms with Gasteiger partial charge in [0.05, 0.1) is 52.4 Å². The summed E-state index contributed by atoms with van der Waals surface area (Å²) in [4.78, 5) is 0. The maximum atomic E-state index is 2.27.